The van der Waals surface area contributed by atoms with Crippen molar-refractivity contribution in [3.63, 3.8) is 0 Å². The second kappa shape index (κ2) is 8.95. The first-order chi connectivity index (χ1) is 15.8. The van der Waals surface area contributed by atoms with Gasteiger partial charge < -0.3 is 4.74 Å². The molecule has 0 aromatic heterocycles. The average Bonchev–Trinajstić information content (AvgIpc) is 2.89. The first kappa shape index (κ1) is 19.8. The number of hydrogen-bond acceptors (Lipinski definition) is 1. The summed E-state index contributed by atoms with van der Waals surface area (Å²) >= 11 is 0. The Balaban J connectivity index is 1.58. The summed E-state index contributed by atoms with van der Waals surface area (Å²) in [5.41, 5.74) is 9.47. The molecule has 0 spiro atoms. The van der Waals surface area contributed by atoms with Crippen LogP contribution in [0, 0.1) is 0 Å². The van der Waals surface area contributed by atoms with Gasteiger partial charge in [-0.25, -0.2) is 0 Å². The zero-order valence-corrected chi connectivity index (χ0v) is 18.0. The molecule has 0 heterocycles. The number of benzene rings is 5. The maximum atomic E-state index is 5.67. The Hall–Kier alpha value is -4.10. The Morgan fingerprint density at radius 3 is 1.09 bits per heavy atom. The van der Waals surface area contributed by atoms with Crippen molar-refractivity contribution in [1.29, 1.82) is 0 Å². The van der Waals surface area contributed by atoms with Crippen molar-refractivity contribution in [2.24, 2.45) is 0 Å². The molecule has 32 heavy (non-hydrogen) atoms. The van der Waals surface area contributed by atoms with E-state index in [1.54, 1.807) is 7.11 Å². The summed E-state index contributed by atoms with van der Waals surface area (Å²) in [5, 5.41) is 0. The lowest BCUT2D eigenvalue weighted by Gasteiger charge is -2.12. The van der Waals surface area contributed by atoms with Gasteiger partial charge in [0.2, 0.25) is 0 Å². The molecule has 5 rings (SSSR count). The smallest absolute Gasteiger partial charge is 0.120 e. The average molecular weight is 413 g/mol. The molecule has 0 aliphatic rings. The highest BCUT2D eigenvalue weighted by Crippen LogP contribution is 2.34. The minimum atomic E-state index is 0.854. The Labute approximate surface area is 189 Å². The topological polar surface area (TPSA) is 9.23 Å². The summed E-state index contributed by atoms with van der Waals surface area (Å²) < 4.78 is 5.67. The molecule has 1 nitrogen and oxygen atoms in total. The summed E-state index contributed by atoms with van der Waals surface area (Å²) in [6.45, 7) is 0. The third kappa shape index (κ3) is 4.19. The highest BCUT2D eigenvalue weighted by atomic mass is 16.5. The van der Waals surface area contributed by atoms with E-state index in [1.165, 1.54) is 33.4 Å². The second-order valence-corrected chi connectivity index (χ2v) is 7.84. The molecule has 0 saturated carbocycles. The molecule has 0 aliphatic heterocycles. The SMILES string of the molecule is COc1cc(-c2cccc(-c3ccccc3)c2)cc(-c2cccc(-c3ccccc3)c2)c1. The highest BCUT2D eigenvalue weighted by Gasteiger charge is 2.08. The van der Waals surface area contributed by atoms with Crippen LogP contribution in [0.15, 0.2) is 127 Å². The first-order valence-corrected chi connectivity index (χ1v) is 10.8. The zero-order chi connectivity index (χ0) is 21.8. The van der Waals surface area contributed by atoms with Gasteiger partial charge in [0, 0.05) is 0 Å². The molecule has 0 aliphatic carbocycles. The van der Waals surface area contributed by atoms with Crippen molar-refractivity contribution < 1.29 is 4.74 Å². The van der Waals surface area contributed by atoms with Crippen molar-refractivity contribution in [3.05, 3.63) is 127 Å². The molecule has 0 fully saturated rings. The zero-order valence-electron chi connectivity index (χ0n) is 18.0. The van der Waals surface area contributed by atoms with Crippen molar-refractivity contribution in [3.8, 4) is 50.3 Å². The molecular formula is C31H24O. The largest absolute Gasteiger partial charge is 0.497 e. The molecule has 0 N–H and O–H groups in total. The van der Waals surface area contributed by atoms with E-state index in [4.69, 9.17) is 4.74 Å². The number of hydrogen-bond donors (Lipinski definition) is 0. The van der Waals surface area contributed by atoms with E-state index in [2.05, 4.69) is 115 Å². The van der Waals surface area contributed by atoms with Crippen LogP contribution in [0.2, 0.25) is 0 Å². The minimum Gasteiger partial charge on any atom is -0.497 e. The molecule has 5 aromatic carbocycles. The van der Waals surface area contributed by atoms with Gasteiger partial charge in [-0.1, -0.05) is 97.1 Å². The van der Waals surface area contributed by atoms with Crippen LogP contribution >= 0.6 is 0 Å². The lowest BCUT2D eigenvalue weighted by Crippen LogP contribution is -1.89. The Bertz CT molecular complexity index is 1240. The van der Waals surface area contributed by atoms with E-state index in [9.17, 15) is 0 Å². The summed E-state index contributed by atoms with van der Waals surface area (Å²) in [7, 11) is 1.73. The predicted molar refractivity (Wildman–Crippen MR) is 135 cm³/mol. The van der Waals surface area contributed by atoms with Crippen molar-refractivity contribution in [1.82, 2.24) is 0 Å². The predicted octanol–water partition coefficient (Wildman–Crippen LogP) is 8.36. The first-order valence-electron chi connectivity index (χ1n) is 10.8. The van der Waals surface area contributed by atoms with Crippen LogP contribution in [-0.4, -0.2) is 7.11 Å². The van der Waals surface area contributed by atoms with Crippen molar-refractivity contribution >= 4 is 0 Å². The normalized spacial score (nSPS) is 10.7. The second-order valence-electron chi connectivity index (χ2n) is 7.84. The summed E-state index contributed by atoms with van der Waals surface area (Å²) in [6.07, 6.45) is 0. The molecular weight excluding hydrogens is 388 g/mol. The van der Waals surface area contributed by atoms with Crippen LogP contribution in [0.4, 0.5) is 0 Å². The molecule has 154 valence electrons. The Morgan fingerprint density at radius 1 is 0.344 bits per heavy atom. The van der Waals surface area contributed by atoms with Gasteiger partial charge in [-0.05, 0) is 74.8 Å². The molecule has 0 atom stereocenters. The quantitative estimate of drug-likeness (QED) is 0.282. The maximum Gasteiger partial charge on any atom is 0.120 e. The standard InChI is InChI=1S/C31H24O/c1-32-31-21-29(27-16-8-14-25(18-27)23-10-4-2-5-11-23)20-30(22-31)28-17-9-15-26(19-28)24-12-6-3-7-13-24/h2-22H,1H3. The molecule has 0 amide bonds. The van der Waals surface area contributed by atoms with Crippen molar-refractivity contribution in [2.75, 3.05) is 7.11 Å². The van der Waals surface area contributed by atoms with E-state index < -0.39 is 0 Å². The molecule has 0 radical (unpaired) electrons. The van der Waals surface area contributed by atoms with E-state index >= 15 is 0 Å². The van der Waals surface area contributed by atoms with Gasteiger partial charge in [-0.2, -0.15) is 0 Å². The van der Waals surface area contributed by atoms with Crippen LogP contribution in [0.3, 0.4) is 0 Å². The fraction of sp³-hybridized carbons (Fsp3) is 0.0323. The fourth-order valence-corrected chi connectivity index (χ4v) is 4.07. The Morgan fingerprint density at radius 2 is 0.688 bits per heavy atom. The van der Waals surface area contributed by atoms with Gasteiger partial charge in [-0.15, -0.1) is 0 Å². The van der Waals surface area contributed by atoms with Crippen LogP contribution in [-0.2, 0) is 0 Å². The monoisotopic (exact) mass is 412 g/mol. The third-order valence-corrected chi connectivity index (χ3v) is 5.75. The Kier molecular flexibility index (Phi) is 5.55. The third-order valence-electron chi connectivity index (χ3n) is 5.75. The lowest BCUT2D eigenvalue weighted by atomic mass is 9.94. The summed E-state index contributed by atoms with van der Waals surface area (Å²) in [5.74, 6) is 0.854. The molecule has 5 aromatic rings. The van der Waals surface area contributed by atoms with E-state index in [0.717, 1.165) is 16.9 Å². The van der Waals surface area contributed by atoms with Gasteiger partial charge in [0.15, 0.2) is 0 Å². The number of methoxy groups -OCH3 is 1. The number of ether oxygens (including phenoxy) is 1. The van der Waals surface area contributed by atoms with E-state index in [1.807, 2.05) is 12.1 Å². The van der Waals surface area contributed by atoms with E-state index in [-0.39, 0.29) is 0 Å². The summed E-state index contributed by atoms with van der Waals surface area (Å²) in [6, 6.07) is 44.8. The van der Waals surface area contributed by atoms with Crippen LogP contribution in [0.25, 0.3) is 44.5 Å². The van der Waals surface area contributed by atoms with Crippen LogP contribution < -0.4 is 4.74 Å². The van der Waals surface area contributed by atoms with Crippen LogP contribution in [0.5, 0.6) is 5.75 Å². The number of rotatable bonds is 5. The minimum absolute atomic E-state index is 0.854. The van der Waals surface area contributed by atoms with Crippen LogP contribution in [0.1, 0.15) is 0 Å². The maximum absolute atomic E-state index is 5.67. The van der Waals surface area contributed by atoms with Gasteiger partial charge in [0.25, 0.3) is 0 Å². The van der Waals surface area contributed by atoms with Gasteiger partial charge in [0.1, 0.15) is 5.75 Å². The van der Waals surface area contributed by atoms with Gasteiger partial charge in [-0.3, -0.25) is 0 Å². The lowest BCUT2D eigenvalue weighted by molar-refractivity contribution is 0.415. The molecule has 0 bridgehead atoms. The van der Waals surface area contributed by atoms with Crippen molar-refractivity contribution in [2.45, 2.75) is 0 Å². The van der Waals surface area contributed by atoms with Gasteiger partial charge >= 0.3 is 0 Å². The summed E-state index contributed by atoms with van der Waals surface area (Å²) in [4.78, 5) is 0. The molecule has 0 unspecified atom stereocenters. The molecule has 1 heteroatoms. The van der Waals surface area contributed by atoms with E-state index in [0.29, 0.717) is 0 Å². The highest BCUT2D eigenvalue weighted by molar-refractivity contribution is 5.80. The van der Waals surface area contributed by atoms with Gasteiger partial charge in [0.05, 0.1) is 7.11 Å². The molecule has 0 saturated heterocycles. The fourth-order valence-electron chi connectivity index (χ4n) is 4.07.